The van der Waals surface area contributed by atoms with Crippen molar-refractivity contribution in [3.63, 3.8) is 0 Å². The number of ether oxygens (including phenoxy) is 3. The lowest BCUT2D eigenvalue weighted by Gasteiger charge is -2.39. The molecule has 0 spiro atoms. The van der Waals surface area contributed by atoms with Gasteiger partial charge >= 0.3 is 18.0 Å². The van der Waals surface area contributed by atoms with E-state index in [4.69, 9.17) is 28.6 Å². The van der Waals surface area contributed by atoms with Crippen LogP contribution in [0.5, 0.6) is 0 Å². The molecule has 0 fully saturated rings. The molecule has 3 heterocycles. The molecule has 17 heteroatoms. The van der Waals surface area contributed by atoms with Gasteiger partial charge in [0, 0.05) is 39.4 Å². The van der Waals surface area contributed by atoms with Crippen LogP contribution in [0.4, 0.5) is 4.79 Å². The highest BCUT2D eigenvalue weighted by molar-refractivity contribution is 8.00. The van der Waals surface area contributed by atoms with Crippen LogP contribution in [0.3, 0.4) is 0 Å². The van der Waals surface area contributed by atoms with Crippen LogP contribution in [0.1, 0.15) is 119 Å². The molecular weight excluding hydrogens is 1080 g/mol. The Balaban J connectivity index is 1.12. The summed E-state index contributed by atoms with van der Waals surface area (Å²) in [5.74, 6) is -1.23. The van der Waals surface area contributed by atoms with Gasteiger partial charge in [-0.15, -0.1) is 34.4 Å². The zero-order chi connectivity index (χ0) is 57.2. The number of hydrogen-bond donors (Lipinski definition) is 3. The second-order valence-corrected chi connectivity index (χ2v) is 29.7. The molecule has 0 saturated heterocycles. The van der Waals surface area contributed by atoms with Gasteiger partial charge in [0.25, 0.3) is 5.91 Å². The Morgan fingerprint density at radius 3 is 1.88 bits per heavy atom. The van der Waals surface area contributed by atoms with Crippen molar-refractivity contribution >= 4 is 77.6 Å². The number of thioether (sulfide) groups is 1. The average Bonchev–Trinajstić information content (AvgIpc) is 4.31. The van der Waals surface area contributed by atoms with Crippen LogP contribution in [-0.2, 0) is 34.8 Å². The summed E-state index contributed by atoms with van der Waals surface area (Å²) in [6.45, 7) is 20.9. The molecule has 0 unspecified atom stereocenters. The van der Waals surface area contributed by atoms with Crippen molar-refractivity contribution in [2.45, 2.75) is 108 Å². The molecule has 0 aliphatic carbocycles. The molecule has 0 aliphatic rings. The van der Waals surface area contributed by atoms with Crippen molar-refractivity contribution in [2.24, 2.45) is 0 Å². The number of esters is 2. The number of benzene rings is 5. The molecule has 2 amide bonds. The van der Waals surface area contributed by atoms with Crippen LogP contribution in [0, 0.1) is 6.92 Å². The number of alkyl carbamates (subject to hydrolysis) is 1. The van der Waals surface area contributed by atoms with E-state index in [0.29, 0.717) is 38.1 Å². The van der Waals surface area contributed by atoms with Gasteiger partial charge in [0.2, 0.25) is 0 Å². The number of H-pyrrole nitrogens is 1. The molecule has 3 atom stereocenters. The normalized spacial score (nSPS) is 13.2. The summed E-state index contributed by atoms with van der Waals surface area (Å²) in [7, 11) is -2.72. The fourth-order valence-corrected chi connectivity index (χ4v) is 13.7. The second kappa shape index (κ2) is 25.5. The third kappa shape index (κ3) is 14.0. The van der Waals surface area contributed by atoms with E-state index >= 15 is 0 Å². The van der Waals surface area contributed by atoms with Crippen molar-refractivity contribution in [3.8, 4) is 11.3 Å². The van der Waals surface area contributed by atoms with Crippen LogP contribution in [0.2, 0.25) is 18.1 Å². The summed E-state index contributed by atoms with van der Waals surface area (Å²) in [5.41, 5.74) is 6.51. The standard InChI is InChI=1S/C63H69N5O8S3Si/c1-11-35-73-59(71)54-41(2)53-43(27-24-34-47(53)64-54)37-74-58(70)52(76-80(9,10)62(6,7)8)36-48(68-60(72)75-61(3,4)5)56-67-50(39-78-56)55(69)65-51(57-66-49(38-77-57)42-25-16-12-17-26-42)40-79-63(44-28-18-13-19-29-44,45-30-20-14-21-31-45)46-32-22-15-23-33-46/h11-34,38-39,48,51-52,64H,1,35-37,40H2,2-10H3,(H,65,69)(H,68,72)/t48-,51-,52-/m0/s1. The van der Waals surface area contributed by atoms with Crippen LogP contribution in [-0.4, -0.2) is 71.3 Å². The van der Waals surface area contributed by atoms with E-state index in [9.17, 15) is 19.2 Å². The lowest BCUT2D eigenvalue weighted by atomic mass is 9.84. The van der Waals surface area contributed by atoms with Gasteiger partial charge in [-0.1, -0.05) is 167 Å². The quantitative estimate of drug-likeness (QED) is 0.0194. The monoisotopic (exact) mass is 1150 g/mol. The van der Waals surface area contributed by atoms with E-state index in [0.717, 1.165) is 33.3 Å². The third-order valence-corrected chi connectivity index (χ3v) is 22.0. The summed E-state index contributed by atoms with van der Waals surface area (Å²) < 4.78 is 23.5. The van der Waals surface area contributed by atoms with Gasteiger partial charge in [0.1, 0.15) is 46.3 Å². The van der Waals surface area contributed by atoms with Crippen LogP contribution in [0.15, 0.2) is 163 Å². The third-order valence-electron chi connectivity index (χ3n) is 14.0. The first-order chi connectivity index (χ1) is 38.2. The van der Waals surface area contributed by atoms with Crippen molar-refractivity contribution in [1.82, 2.24) is 25.6 Å². The minimum Gasteiger partial charge on any atom is -0.459 e. The van der Waals surface area contributed by atoms with E-state index in [1.54, 1.807) is 37.9 Å². The smallest absolute Gasteiger partial charge is 0.408 e. The zero-order valence-electron chi connectivity index (χ0n) is 46.7. The van der Waals surface area contributed by atoms with Crippen LogP contribution >= 0.6 is 34.4 Å². The van der Waals surface area contributed by atoms with Crippen molar-refractivity contribution in [2.75, 3.05) is 12.4 Å². The van der Waals surface area contributed by atoms with E-state index in [2.05, 4.69) is 79.4 Å². The maximum Gasteiger partial charge on any atom is 0.408 e. The number of carbonyl (C=O) groups excluding carboxylic acids is 4. The average molecular weight is 1150 g/mol. The van der Waals surface area contributed by atoms with Crippen LogP contribution < -0.4 is 10.6 Å². The molecular formula is C63H69N5O8S3Si. The largest absolute Gasteiger partial charge is 0.459 e. The molecule has 8 aromatic rings. The molecule has 0 bridgehead atoms. The molecule has 0 aliphatic heterocycles. The Kier molecular flexibility index (Phi) is 18.8. The van der Waals surface area contributed by atoms with Gasteiger partial charge in [-0.25, -0.2) is 24.4 Å². The number of rotatable bonds is 22. The molecule has 3 N–H and O–H groups in total. The van der Waals surface area contributed by atoms with Crippen molar-refractivity contribution in [3.05, 3.63) is 212 Å². The molecule has 3 aromatic heterocycles. The first kappa shape index (κ1) is 59.0. The number of amides is 2. The number of thiazole rings is 2. The van der Waals surface area contributed by atoms with Crippen molar-refractivity contribution in [1.29, 1.82) is 0 Å². The number of aromatic nitrogens is 3. The number of fused-ring (bicyclic) bond motifs is 1. The molecule has 13 nitrogen and oxygen atoms in total. The van der Waals surface area contributed by atoms with Gasteiger partial charge in [0.15, 0.2) is 8.32 Å². The predicted octanol–water partition coefficient (Wildman–Crippen LogP) is 14.7. The predicted molar refractivity (Wildman–Crippen MR) is 324 cm³/mol. The first-order valence-electron chi connectivity index (χ1n) is 26.5. The topological polar surface area (TPSA) is 171 Å². The highest BCUT2D eigenvalue weighted by Crippen LogP contribution is 2.50. The maximum absolute atomic E-state index is 14.9. The fourth-order valence-electron chi connectivity index (χ4n) is 9.01. The number of nitrogens with zero attached hydrogens (tertiary/aromatic N) is 2. The number of nitrogens with one attached hydrogen (secondary N) is 3. The number of carbonyl (C=O) groups is 4. The summed E-state index contributed by atoms with van der Waals surface area (Å²) in [6.07, 6.45) is -0.544. The Morgan fingerprint density at radius 2 is 1.30 bits per heavy atom. The summed E-state index contributed by atoms with van der Waals surface area (Å²) in [6, 6.07) is 45.1. The Morgan fingerprint density at radius 1 is 0.725 bits per heavy atom. The Hall–Kier alpha value is -7.15. The van der Waals surface area contributed by atoms with Crippen molar-refractivity contribution < 1.29 is 37.8 Å². The number of hydrogen-bond acceptors (Lipinski definition) is 13. The number of aryl methyl sites for hydroxylation is 1. The van der Waals surface area contributed by atoms with Gasteiger partial charge < -0.3 is 34.3 Å². The van der Waals surface area contributed by atoms with E-state index in [1.807, 2.05) is 129 Å². The van der Waals surface area contributed by atoms with Gasteiger partial charge in [-0.2, -0.15) is 0 Å². The SMILES string of the molecule is C=CCOC(=O)c1[nH]c2cccc(COC(=O)[C@H](C[C@H](NC(=O)OC(C)(C)C)c3nc(C(=O)N[C@@H](CSC(c4ccccc4)(c4ccccc4)c4ccccc4)c4nc(-c5ccccc5)cs4)cs3)O[Si](C)(C)C(C)(C)C)c2c1C. The lowest BCUT2D eigenvalue weighted by Crippen LogP contribution is -2.48. The lowest BCUT2D eigenvalue weighted by molar-refractivity contribution is -0.154. The molecule has 416 valence electrons. The Bertz CT molecular complexity index is 3310. The van der Waals surface area contributed by atoms with E-state index in [1.165, 1.54) is 28.7 Å². The molecule has 0 radical (unpaired) electrons. The number of aromatic amines is 1. The highest BCUT2D eigenvalue weighted by atomic mass is 32.2. The van der Waals surface area contributed by atoms with Gasteiger partial charge in [-0.05, 0) is 79.7 Å². The van der Waals surface area contributed by atoms with E-state index in [-0.39, 0.29) is 30.4 Å². The summed E-state index contributed by atoms with van der Waals surface area (Å²) in [5, 5.41) is 11.4. The molecule has 5 aromatic carbocycles. The molecule has 8 rings (SSSR count). The minimum absolute atomic E-state index is 0.0531. The minimum atomic E-state index is -2.72. The highest BCUT2D eigenvalue weighted by Gasteiger charge is 2.43. The van der Waals surface area contributed by atoms with Gasteiger partial charge in [-0.3, -0.25) is 4.79 Å². The zero-order valence-corrected chi connectivity index (χ0v) is 50.1. The fraction of sp³-hybridized carbons (Fsp3) is 0.302. The van der Waals surface area contributed by atoms with Gasteiger partial charge in [0.05, 0.1) is 22.5 Å². The summed E-state index contributed by atoms with van der Waals surface area (Å²) in [4.78, 5) is 69.5. The first-order valence-corrected chi connectivity index (χ1v) is 32.1. The molecule has 0 saturated carbocycles. The van der Waals surface area contributed by atoms with E-state index < -0.39 is 60.8 Å². The molecule has 80 heavy (non-hydrogen) atoms. The second-order valence-electron chi connectivity index (χ2n) is 21.9. The van der Waals surface area contributed by atoms with Crippen LogP contribution in [0.25, 0.3) is 22.2 Å². The Labute approximate surface area is 482 Å². The summed E-state index contributed by atoms with van der Waals surface area (Å²) >= 11 is 4.37. The maximum atomic E-state index is 14.9.